The van der Waals surface area contributed by atoms with Crippen molar-refractivity contribution in [3.63, 3.8) is 0 Å². The van der Waals surface area contributed by atoms with Gasteiger partial charge in [0.1, 0.15) is 5.75 Å². The number of sulfonamides is 1. The maximum atomic E-state index is 12.1. The van der Waals surface area contributed by atoms with Gasteiger partial charge >= 0.3 is 0 Å². The van der Waals surface area contributed by atoms with E-state index in [1.165, 1.54) is 25.3 Å². The number of anilines is 1. The Morgan fingerprint density at radius 2 is 1.68 bits per heavy atom. The van der Waals surface area contributed by atoms with Crippen LogP contribution in [0.1, 0.15) is 5.56 Å². The molecule has 25 heavy (non-hydrogen) atoms. The third-order valence-corrected chi connectivity index (χ3v) is 4.84. The number of amides is 1. The number of nitrogens with one attached hydrogen (secondary N) is 2. The molecular formula is C16H16Cl2N2O4S. The number of methoxy groups -OCH3 is 1. The maximum absolute atomic E-state index is 12.1. The van der Waals surface area contributed by atoms with Crippen LogP contribution >= 0.6 is 23.2 Å². The van der Waals surface area contributed by atoms with Crippen LogP contribution in [0.15, 0.2) is 42.5 Å². The summed E-state index contributed by atoms with van der Waals surface area (Å²) in [5, 5.41) is 3.27. The van der Waals surface area contributed by atoms with Gasteiger partial charge in [0.15, 0.2) is 0 Å². The number of carbonyl (C=O) groups excluding carboxylic acids is 1. The van der Waals surface area contributed by atoms with Gasteiger partial charge in [-0.1, -0.05) is 23.2 Å². The summed E-state index contributed by atoms with van der Waals surface area (Å²) in [5.41, 5.74) is 0.965. The Morgan fingerprint density at radius 3 is 2.24 bits per heavy atom. The first kappa shape index (κ1) is 19.5. The molecule has 2 rings (SSSR count). The lowest BCUT2D eigenvalue weighted by atomic mass is 10.2. The predicted molar refractivity (Wildman–Crippen MR) is 98.7 cm³/mol. The number of carbonyl (C=O) groups is 1. The lowest BCUT2D eigenvalue weighted by Gasteiger charge is -2.09. The van der Waals surface area contributed by atoms with Gasteiger partial charge in [-0.3, -0.25) is 4.79 Å². The van der Waals surface area contributed by atoms with Crippen LogP contribution < -0.4 is 14.8 Å². The second-order valence-corrected chi connectivity index (χ2v) is 7.81. The summed E-state index contributed by atoms with van der Waals surface area (Å²) < 4.78 is 31.4. The van der Waals surface area contributed by atoms with Gasteiger partial charge in [-0.2, -0.15) is 0 Å². The molecule has 0 heterocycles. The minimum atomic E-state index is -3.71. The van der Waals surface area contributed by atoms with Crippen LogP contribution in [0.4, 0.5) is 5.69 Å². The zero-order valence-corrected chi connectivity index (χ0v) is 15.6. The number of halogens is 2. The van der Waals surface area contributed by atoms with Crippen LogP contribution in [-0.4, -0.2) is 28.0 Å². The number of hydrogen-bond acceptors (Lipinski definition) is 4. The number of ether oxygens (including phenoxy) is 1. The molecule has 6 nitrogen and oxygen atoms in total. The summed E-state index contributed by atoms with van der Waals surface area (Å²) in [6.45, 7) is -0.386. The number of rotatable bonds is 7. The Labute approximate surface area is 156 Å². The van der Waals surface area contributed by atoms with Crippen LogP contribution in [-0.2, 0) is 20.6 Å². The average Bonchev–Trinajstić information content (AvgIpc) is 2.52. The summed E-state index contributed by atoms with van der Waals surface area (Å²) in [7, 11) is -2.18. The molecule has 0 unspecified atom stereocenters. The smallest absolute Gasteiger partial charge is 0.239 e. The fourth-order valence-corrected chi connectivity index (χ4v) is 3.65. The molecule has 134 valence electrons. The van der Waals surface area contributed by atoms with Crippen LogP contribution in [0.3, 0.4) is 0 Å². The molecule has 9 heteroatoms. The lowest BCUT2D eigenvalue weighted by molar-refractivity contribution is -0.115. The molecule has 2 N–H and O–H groups in total. The molecule has 0 aliphatic heterocycles. The normalized spacial score (nSPS) is 11.2. The molecule has 0 fully saturated rings. The van der Waals surface area contributed by atoms with Crippen LogP contribution in [0.2, 0.25) is 10.0 Å². The van der Waals surface area contributed by atoms with Crippen molar-refractivity contribution in [3.05, 3.63) is 58.1 Å². The van der Waals surface area contributed by atoms with Gasteiger partial charge in [-0.15, -0.1) is 0 Å². The van der Waals surface area contributed by atoms with E-state index in [9.17, 15) is 13.2 Å². The van der Waals surface area contributed by atoms with Crippen LogP contribution in [0.25, 0.3) is 0 Å². The van der Waals surface area contributed by atoms with E-state index < -0.39 is 15.9 Å². The monoisotopic (exact) mass is 402 g/mol. The third kappa shape index (κ3) is 6.55. The highest BCUT2D eigenvalue weighted by Crippen LogP contribution is 2.20. The molecule has 0 spiro atoms. The lowest BCUT2D eigenvalue weighted by Crippen LogP contribution is -2.33. The van der Waals surface area contributed by atoms with Gasteiger partial charge in [0.25, 0.3) is 0 Å². The zero-order chi connectivity index (χ0) is 18.4. The second-order valence-electron chi connectivity index (χ2n) is 5.13. The Bertz CT molecular complexity index is 835. The molecule has 0 saturated heterocycles. The first-order valence-corrected chi connectivity index (χ1v) is 9.54. The van der Waals surface area contributed by atoms with Gasteiger partial charge in [0.2, 0.25) is 15.9 Å². The van der Waals surface area contributed by atoms with E-state index in [0.717, 1.165) is 0 Å². The van der Waals surface area contributed by atoms with Crippen LogP contribution in [0.5, 0.6) is 5.75 Å². The van der Waals surface area contributed by atoms with E-state index in [0.29, 0.717) is 27.0 Å². The quantitative estimate of drug-likeness (QED) is 0.744. The topological polar surface area (TPSA) is 84.5 Å². The van der Waals surface area contributed by atoms with Gasteiger partial charge in [-0.25, -0.2) is 13.1 Å². The van der Waals surface area contributed by atoms with Crippen molar-refractivity contribution in [3.8, 4) is 5.75 Å². The Hall–Kier alpha value is -1.80. The number of hydrogen-bond donors (Lipinski definition) is 2. The molecule has 2 aromatic rings. The molecule has 2 aromatic carbocycles. The summed E-state index contributed by atoms with van der Waals surface area (Å²) in [4.78, 5) is 11.9. The highest BCUT2D eigenvalue weighted by molar-refractivity contribution is 7.88. The molecule has 0 atom stereocenters. The first-order valence-electron chi connectivity index (χ1n) is 7.13. The molecule has 0 aliphatic carbocycles. The Balaban J connectivity index is 1.90. The van der Waals surface area contributed by atoms with E-state index in [1.807, 2.05) is 0 Å². The molecule has 0 saturated carbocycles. The van der Waals surface area contributed by atoms with E-state index in [2.05, 4.69) is 10.0 Å². The van der Waals surface area contributed by atoms with Crippen molar-refractivity contribution >= 4 is 44.8 Å². The van der Waals surface area contributed by atoms with Crippen molar-refractivity contribution in [2.45, 2.75) is 5.75 Å². The summed E-state index contributed by atoms with van der Waals surface area (Å²) in [5.74, 6) is -0.167. The highest BCUT2D eigenvalue weighted by Gasteiger charge is 2.14. The SMILES string of the molecule is COc1ccc(NC(=O)CNS(=O)(=O)Cc2cc(Cl)cc(Cl)c2)cc1. The predicted octanol–water partition coefficient (Wildman–Crippen LogP) is 3.06. The summed E-state index contributed by atoms with van der Waals surface area (Å²) in [6, 6.07) is 11.2. The fourth-order valence-electron chi connectivity index (χ4n) is 2.02. The van der Waals surface area contributed by atoms with E-state index >= 15 is 0 Å². The van der Waals surface area contributed by atoms with Gasteiger partial charge in [0, 0.05) is 15.7 Å². The van der Waals surface area contributed by atoms with Crippen molar-refractivity contribution in [1.82, 2.24) is 4.72 Å². The van der Waals surface area contributed by atoms with E-state index in [-0.39, 0.29) is 12.3 Å². The molecule has 0 radical (unpaired) electrons. The van der Waals surface area contributed by atoms with Crippen molar-refractivity contribution in [2.24, 2.45) is 0 Å². The fraction of sp³-hybridized carbons (Fsp3) is 0.188. The van der Waals surface area contributed by atoms with Gasteiger partial charge in [-0.05, 0) is 48.0 Å². The van der Waals surface area contributed by atoms with Crippen molar-refractivity contribution in [2.75, 3.05) is 19.0 Å². The number of benzene rings is 2. The van der Waals surface area contributed by atoms with Gasteiger partial charge in [0.05, 0.1) is 19.4 Å². The summed E-state index contributed by atoms with van der Waals surface area (Å²) >= 11 is 11.7. The summed E-state index contributed by atoms with van der Waals surface area (Å²) in [6.07, 6.45) is 0. The van der Waals surface area contributed by atoms with E-state index in [4.69, 9.17) is 27.9 Å². The Morgan fingerprint density at radius 1 is 1.08 bits per heavy atom. The van der Waals surface area contributed by atoms with Crippen molar-refractivity contribution in [1.29, 1.82) is 0 Å². The molecule has 0 aliphatic rings. The van der Waals surface area contributed by atoms with Gasteiger partial charge < -0.3 is 10.1 Å². The first-order chi connectivity index (χ1) is 11.8. The Kier molecular flexibility index (Phi) is 6.66. The minimum absolute atomic E-state index is 0.330. The zero-order valence-electron chi connectivity index (χ0n) is 13.3. The van der Waals surface area contributed by atoms with Crippen molar-refractivity contribution < 1.29 is 17.9 Å². The third-order valence-electron chi connectivity index (χ3n) is 3.11. The minimum Gasteiger partial charge on any atom is -0.497 e. The van der Waals surface area contributed by atoms with E-state index in [1.54, 1.807) is 24.3 Å². The second kappa shape index (κ2) is 8.53. The van der Waals surface area contributed by atoms with Crippen LogP contribution in [0, 0.1) is 0 Å². The molecular weight excluding hydrogens is 387 g/mol. The molecule has 1 amide bonds. The highest BCUT2D eigenvalue weighted by atomic mass is 35.5. The standard InChI is InChI=1S/C16H16Cl2N2O4S/c1-24-15-4-2-14(3-5-15)20-16(21)9-19-25(22,23)10-11-6-12(17)8-13(18)7-11/h2-8,19H,9-10H2,1H3,(H,20,21). The maximum Gasteiger partial charge on any atom is 0.239 e. The average molecular weight is 403 g/mol. The largest absolute Gasteiger partial charge is 0.497 e. The molecule has 0 aromatic heterocycles. The molecule has 0 bridgehead atoms.